The van der Waals surface area contributed by atoms with E-state index in [0.29, 0.717) is 0 Å². The molecule has 0 atom stereocenters. The largest absolute Gasteiger partial charge is 0.369 e. The normalized spacial score (nSPS) is 15.2. The molecule has 1 heterocycles. The van der Waals surface area contributed by atoms with Crippen molar-refractivity contribution < 1.29 is 17.6 Å². The molecule has 3 rings (SSSR count). The van der Waals surface area contributed by atoms with E-state index in [1.165, 1.54) is 0 Å². The van der Waals surface area contributed by atoms with Crippen LogP contribution in [0.15, 0.2) is 47.4 Å². The molecule has 2 N–H and O–H groups in total. The topological polar surface area (TPSA) is 81.7 Å². The van der Waals surface area contributed by atoms with Crippen molar-refractivity contribution in [3.05, 3.63) is 59.4 Å². The van der Waals surface area contributed by atoms with Crippen LogP contribution in [0.4, 0.5) is 10.1 Å². The highest BCUT2D eigenvalue weighted by atomic mass is 32.2. The molecule has 0 aromatic heterocycles. The van der Waals surface area contributed by atoms with Crippen molar-refractivity contribution in [2.24, 2.45) is 0 Å². The summed E-state index contributed by atoms with van der Waals surface area (Å²) < 4.78 is 40.9. The average Bonchev–Trinajstić information content (AvgIpc) is 2.73. The maximum Gasteiger partial charge on any atom is 0.254 e. The highest BCUT2D eigenvalue weighted by molar-refractivity contribution is 7.89. The zero-order valence-electron chi connectivity index (χ0n) is 17.2. The number of halogens is 1. The molecule has 1 saturated heterocycles. The van der Waals surface area contributed by atoms with Crippen LogP contribution in [0, 0.1) is 5.82 Å². The summed E-state index contributed by atoms with van der Waals surface area (Å²) in [5, 5.41) is 2.72. The third-order valence-electron chi connectivity index (χ3n) is 5.10. The van der Waals surface area contributed by atoms with E-state index < -0.39 is 21.7 Å². The number of piperazine rings is 1. The van der Waals surface area contributed by atoms with E-state index in [-0.39, 0.29) is 23.5 Å². The van der Waals surface area contributed by atoms with Crippen molar-refractivity contribution in [1.29, 1.82) is 0 Å². The Morgan fingerprint density at radius 2 is 1.80 bits per heavy atom. The third kappa shape index (κ3) is 5.16. The number of sulfonamides is 1. The maximum absolute atomic E-state index is 14.2. The van der Waals surface area contributed by atoms with Gasteiger partial charge in [0.25, 0.3) is 5.91 Å². The van der Waals surface area contributed by atoms with Crippen LogP contribution in [0.2, 0.25) is 0 Å². The van der Waals surface area contributed by atoms with Crippen molar-refractivity contribution in [1.82, 2.24) is 14.9 Å². The summed E-state index contributed by atoms with van der Waals surface area (Å²) in [6.07, 6.45) is 0. The summed E-state index contributed by atoms with van der Waals surface area (Å²) in [5.41, 5.74) is 1.66. The Balaban J connectivity index is 1.75. The summed E-state index contributed by atoms with van der Waals surface area (Å²) in [6, 6.07) is 11.0. The summed E-state index contributed by atoms with van der Waals surface area (Å²) in [5.74, 6) is -1.43. The number of benzene rings is 2. The van der Waals surface area contributed by atoms with Gasteiger partial charge in [-0.2, -0.15) is 0 Å². The first-order chi connectivity index (χ1) is 14.3. The molecule has 0 bridgehead atoms. The van der Waals surface area contributed by atoms with E-state index in [4.69, 9.17) is 0 Å². The number of hydrogen-bond acceptors (Lipinski definition) is 5. The molecule has 1 aliphatic heterocycles. The van der Waals surface area contributed by atoms with Gasteiger partial charge < -0.3 is 15.1 Å². The lowest BCUT2D eigenvalue weighted by Gasteiger charge is -2.35. The zero-order chi connectivity index (χ0) is 21.7. The molecule has 0 aliphatic carbocycles. The molecule has 162 valence electrons. The third-order valence-corrected chi connectivity index (χ3v) is 6.65. The van der Waals surface area contributed by atoms with Crippen LogP contribution in [0.3, 0.4) is 0 Å². The minimum absolute atomic E-state index is 0.145. The van der Waals surface area contributed by atoms with Crippen LogP contribution in [-0.2, 0) is 16.6 Å². The summed E-state index contributed by atoms with van der Waals surface area (Å²) in [6.45, 7) is 5.75. The molecule has 7 nitrogen and oxygen atoms in total. The molecule has 2 aromatic rings. The molecule has 1 fully saturated rings. The highest BCUT2D eigenvalue weighted by Crippen LogP contribution is 2.22. The number of carbonyl (C=O) groups excluding carboxylic acids is 1. The highest BCUT2D eigenvalue weighted by Gasteiger charge is 2.20. The molecule has 1 aliphatic rings. The van der Waals surface area contributed by atoms with Crippen LogP contribution < -0.4 is 14.9 Å². The van der Waals surface area contributed by atoms with Crippen LogP contribution in [0.25, 0.3) is 0 Å². The first-order valence-corrected chi connectivity index (χ1v) is 11.4. The summed E-state index contributed by atoms with van der Waals surface area (Å²) in [4.78, 5) is 17.0. The number of likely N-dealkylation sites (N-methyl/N-ethyl adjacent to an activating group) is 1. The van der Waals surface area contributed by atoms with Gasteiger partial charge in [0.1, 0.15) is 5.82 Å². The van der Waals surface area contributed by atoms with Gasteiger partial charge in [0, 0.05) is 45.0 Å². The molecular weight excluding hydrogens is 407 g/mol. The van der Waals surface area contributed by atoms with Gasteiger partial charge in [0.15, 0.2) is 0 Å². The SMILES string of the molecule is CCNS(=O)(=O)c1ccc(F)c(C(=O)NCc2ccccc2N2CCN(C)CC2)c1. The second kappa shape index (κ2) is 9.55. The van der Waals surface area contributed by atoms with E-state index in [9.17, 15) is 17.6 Å². The van der Waals surface area contributed by atoms with E-state index in [1.54, 1.807) is 6.92 Å². The minimum Gasteiger partial charge on any atom is -0.369 e. The van der Waals surface area contributed by atoms with E-state index in [0.717, 1.165) is 55.6 Å². The van der Waals surface area contributed by atoms with Crippen molar-refractivity contribution in [3.63, 3.8) is 0 Å². The number of anilines is 1. The van der Waals surface area contributed by atoms with Crippen LogP contribution in [0.5, 0.6) is 0 Å². The molecule has 0 saturated carbocycles. The summed E-state index contributed by atoms with van der Waals surface area (Å²) in [7, 11) is -1.70. The van der Waals surface area contributed by atoms with E-state index >= 15 is 0 Å². The second-order valence-electron chi connectivity index (χ2n) is 7.24. The average molecular weight is 435 g/mol. The van der Waals surface area contributed by atoms with Gasteiger partial charge in [-0.15, -0.1) is 0 Å². The van der Waals surface area contributed by atoms with Gasteiger partial charge in [-0.25, -0.2) is 17.5 Å². The Labute approximate surface area is 176 Å². The Hall–Kier alpha value is -2.49. The lowest BCUT2D eigenvalue weighted by Crippen LogP contribution is -2.45. The number of nitrogens with zero attached hydrogens (tertiary/aromatic N) is 2. The van der Waals surface area contributed by atoms with Gasteiger partial charge in [-0.1, -0.05) is 25.1 Å². The lowest BCUT2D eigenvalue weighted by atomic mass is 10.1. The van der Waals surface area contributed by atoms with Crippen LogP contribution in [0.1, 0.15) is 22.8 Å². The van der Waals surface area contributed by atoms with E-state index in [1.807, 2.05) is 24.3 Å². The standard InChI is InChI=1S/C21H27FN4O3S/c1-3-24-30(28,29)17-8-9-19(22)18(14-17)21(27)23-15-16-6-4-5-7-20(16)26-12-10-25(2)11-13-26/h4-9,14,24H,3,10-13,15H2,1-2H3,(H,23,27). The number of hydrogen-bond donors (Lipinski definition) is 2. The number of nitrogens with one attached hydrogen (secondary N) is 2. The Morgan fingerprint density at radius 3 is 2.50 bits per heavy atom. The van der Waals surface area contributed by atoms with Crippen LogP contribution in [-0.4, -0.2) is 59.0 Å². The van der Waals surface area contributed by atoms with Gasteiger partial charge in [-0.3, -0.25) is 4.79 Å². The molecule has 9 heteroatoms. The molecule has 2 aromatic carbocycles. The number of amides is 1. The van der Waals surface area contributed by atoms with Crippen molar-refractivity contribution >= 4 is 21.6 Å². The fraction of sp³-hybridized carbons (Fsp3) is 0.381. The van der Waals surface area contributed by atoms with Gasteiger partial charge in [-0.05, 0) is 36.9 Å². The first-order valence-electron chi connectivity index (χ1n) is 9.90. The number of carbonyl (C=O) groups is 1. The molecular formula is C21H27FN4O3S. The molecule has 0 unspecified atom stereocenters. The predicted octanol–water partition coefficient (Wildman–Crippen LogP) is 1.81. The fourth-order valence-corrected chi connectivity index (χ4v) is 4.47. The predicted molar refractivity (Wildman–Crippen MR) is 115 cm³/mol. The monoisotopic (exact) mass is 434 g/mol. The van der Waals surface area contributed by atoms with Crippen LogP contribution >= 0.6 is 0 Å². The van der Waals surface area contributed by atoms with Gasteiger partial charge in [0.2, 0.25) is 10.0 Å². The van der Waals surface area contributed by atoms with Crippen molar-refractivity contribution in [2.45, 2.75) is 18.4 Å². The number of rotatable bonds is 7. The molecule has 1 amide bonds. The Bertz CT molecular complexity index is 1010. The van der Waals surface area contributed by atoms with Crippen molar-refractivity contribution in [3.8, 4) is 0 Å². The van der Waals surface area contributed by atoms with E-state index in [2.05, 4.69) is 26.9 Å². The van der Waals surface area contributed by atoms with Crippen molar-refractivity contribution in [2.75, 3.05) is 44.7 Å². The van der Waals surface area contributed by atoms with Gasteiger partial charge >= 0.3 is 0 Å². The molecule has 0 radical (unpaired) electrons. The molecule has 0 spiro atoms. The smallest absolute Gasteiger partial charge is 0.254 e. The quantitative estimate of drug-likeness (QED) is 0.695. The Morgan fingerprint density at radius 1 is 1.10 bits per heavy atom. The van der Waals surface area contributed by atoms with Gasteiger partial charge in [0.05, 0.1) is 10.5 Å². The summed E-state index contributed by atoms with van der Waals surface area (Å²) >= 11 is 0. The Kier molecular flexibility index (Phi) is 7.06. The maximum atomic E-state index is 14.2. The lowest BCUT2D eigenvalue weighted by molar-refractivity contribution is 0.0946. The number of para-hydroxylation sites is 1. The fourth-order valence-electron chi connectivity index (χ4n) is 3.41. The zero-order valence-corrected chi connectivity index (χ0v) is 18.0. The minimum atomic E-state index is -3.78. The molecule has 30 heavy (non-hydrogen) atoms. The second-order valence-corrected chi connectivity index (χ2v) is 9.01. The first kappa shape index (κ1) is 22.2.